The van der Waals surface area contributed by atoms with Crippen LogP contribution in [0.25, 0.3) is 0 Å². The summed E-state index contributed by atoms with van der Waals surface area (Å²) in [5, 5.41) is 8.34. The fourth-order valence-corrected chi connectivity index (χ4v) is 4.17. The molecule has 17 nitrogen and oxygen atoms in total. The third kappa shape index (κ3) is 22.3. The van der Waals surface area contributed by atoms with Gasteiger partial charge in [0.05, 0.1) is 106 Å². The van der Waals surface area contributed by atoms with Gasteiger partial charge in [-0.3, -0.25) is 19.4 Å². The molecule has 0 saturated heterocycles. The number of hydrogen-bond acceptors (Lipinski definition) is 14. The van der Waals surface area contributed by atoms with Crippen LogP contribution in [-0.4, -0.2) is 155 Å². The van der Waals surface area contributed by atoms with E-state index in [0.717, 1.165) is 5.56 Å². The molecule has 0 radical (unpaired) electrons. The van der Waals surface area contributed by atoms with E-state index in [-0.39, 0.29) is 49.5 Å². The second-order valence-electron chi connectivity index (χ2n) is 10.8. The first-order chi connectivity index (χ1) is 25.5. The van der Waals surface area contributed by atoms with E-state index >= 15 is 0 Å². The van der Waals surface area contributed by atoms with Gasteiger partial charge < -0.3 is 65.3 Å². The lowest BCUT2D eigenvalue weighted by atomic mass is 10.0. The number of hydrogen-bond donors (Lipinski definition) is 5. The van der Waals surface area contributed by atoms with Gasteiger partial charge in [-0.25, -0.2) is 0 Å². The summed E-state index contributed by atoms with van der Waals surface area (Å²) in [4.78, 5) is 43.1. The van der Waals surface area contributed by atoms with Gasteiger partial charge in [-0.1, -0.05) is 0 Å². The second-order valence-corrected chi connectivity index (χ2v) is 10.8. The number of carbonyl (C=O) groups excluding carboxylic acids is 3. The first kappa shape index (κ1) is 44.5. The summed E-state index contributed by atoms with van der Waals surface area (Å²) in [6, 6.07) is 7.88. The van der Waals surface area contributed by atoms with E-state index in [9.17, 15) is 14.4 Å². The first-order valence-corrected chi connectivity index (χ1v) is 17.5. The molecule has 0 bridgehead atoms. The van der Waals surface area contributed by atoms with Crippen molar-refractivity contribution in [1.82, 2.24) is 20.9 Å². The molecule has 0 unspecified atom stereocenters. The van der Waals surface area contributed by atoms with E-state index in [1.807, 2.05) is 0 Å². The Bertz CT molecular complexity index is 1170. The van der Waals surface area contributed by atoms with E-state index in [4.69, 9.17) is 49.4 Å². The molecular formula is C35H56N6O11. The van der Waals surface area contributed by atoms with E-state index in [2.05, 4.69) is 20.9 Å². The average Bonchev–Trinajstić information content (AvgIpc) is 3.17. The summed E-state index contributed by atoms with van der Waals surface area (Å²) in [6.45, 7) is 8.21. The van der Waals surface area contributed by atoms with Crippen molar-refractivity contribution >= 4 is 17.7 Å². The molecule has 0 spiro atoms. The van der Waals surface area contributed by atoms with Crippen LogP contribution in [0.5, 0.6) is 0 Å². The number of ether oxygens (including phenoxy) is 8. The minimum Gasteiger partial charge on any atom is -0.378 e. The van der Waals surface area contributed by atoms with Crippen LogP contribution in [0.1, 0.15) is 36.6 Å². The maximum Gasteiger partial charge on any atom is 0.251 e. The Morgan fingerprint density at radius 1 is 0.462 bits per heavy atom. The molecule has 292 valence electrons. The van der Waals surface area contributed by atoms with Crippen molar-refractivity contribution in [1.29, 1.82) is 0 Å². The van der Waals surface area contributed by atoms with Gasteiger partial charge in [0.2, 0.25) is 0 Å². The standard InChI is InChI=1S/C35H56N6O11/c36-3-9-45-13-17-49-21-23-51-19-15-47-11-7-39-33(42)30-25-31(27-32(26-30)35(44)41-28-29-1-5-38-6-2-29)34(43)40-8-12-48-16-20-52-24-22-50-18-14-46-10-4-37/h1-2,5-6,25-27H,3-4,7-24,28,36-37H2,(H,39,42)(H,40,43)(H,41,44). The second kappa shape index (κ2) is 31.0. The molecule has 0 aliphatic carbocycles. The monoisotopic (exact) mass is 736 g/mol. The zero-order valence-corrected chi connectivity index (χ0v) is 30.0. The first-order valence-electron chi connectivity index (χ1n) is 17.5. The number of nitrogens with one attached hydrogen (secondary N) is 3. The number of rotatable bonds is 33. The Morgan fingerprint density at radius 2 is 0.769 bits per heavy atom. The highest BCUT2D eigenvalue weighted by atomic mass is 16.6. The lowest BCUT2D eigenvalue weighted by Gasteiger charge is -2.12. The van der Waals surface area contributed by atoms with E-state index < -0.39 is 17.7 Å². The number of carbonyl (C=O) groups is 3. The van der Waals surface area contributed by atoms with Gasteiger partial charge in [0.25, 0.3) is 17.7 Å². The number of amides is 3. The van der Waals surface area contributed by atoms with Gasteiger partial charge in [-0.15, -0.1) is 0 Å². The summed E-state index contributed by atoms with van der Waals surface area (Å²) >= 11 is 0. The Kier molecular flexibility index (Phi) is 26.5. The normalized spacial score (nSPS) is 11.0. The van der Waals surface area contributed by atoms with Crippen LogP contribution >= 0.6 is 0 Å². The maximum atomic E-state index is 13.1. The quantitative estimate of drug-likeness (QED) is 0.0584. The van der Waals surface area contributed by atoms with Gasteiger partial charge >= 0.3 is 0 Å². The SMILES string of the molecule is NCCOCCOCCOCCOCCNC(=O)c1cc(C(=O)NCCOCCOCCOCCOCCN)cc(C(=O)NCc2ccncc2)c1. The average molecular weight is 737 g/mol. The molecule has 2 aromatic rings. The van der Waals surface area contributed by atoms with Crippen LogP contribution in [-0.2, 0) is 44.4 Å². The van der Waals surface area contributed by atoms with E-state index in [1.165, 1.54) is 18.2 Å². The van der Waals surface area contributed by atoms with Gasteiger partial charge in [0, 0.05) is 61.8 Å². The fraction of sp³-hybridized carbons (Fsp3) is 0.600. The highest BCUT2D eigenvalue weighted by molar-refractivity contribution is 6.04. The number of aromatic nitrogens is 1. The molecule has 0 aliphatic rings. The smallest absolute Gasteiger partial charge is 0.251 e. The topological polar surface area (TPSA) is 226 Å². The van der Waals surface area contributed by atoms with E-state index in [0.29, 0.717) is 106 Å². The lowest BCUT2D eigenvalue weighted by Crippen LogP contribution is -2.31. The van der Waals surface area contributed by atoms with Crippen LogP contribution < -0.4 is 27.4 Å². The van der Waals surface area contributed by atoms with Gasteiger partial charge in [0.15, 0.2) is 0 Å². The van der Waals surface area contributed by atoms with Crippen LogP contribution in [0.2, 0.25) is 0 Å². The summed E-state index contributed by atoms with van der Waals surface area (Å²) in [6.07, 6.45) is 3.25. The molecule has 2 rings (SSSR count). The van der Waals surface area contributed by atoms with Crippen LogP contribution in [0, 0.1) is 0 Å². The molecule has 0 saturated carbocycles. The van der Waals surface area contributed by atoms with Crippen molar-refractivity contribution in [2.24, 2.45) is 11.5 Å². The Balaban J connectivity index is 1.75. The maximum absolute atomic E-state index is 13.1. The van der Waals surface area contributed by atoms with Crippen molar-refractivity contribution in [3.63, 3.8) is 0 Å². The van der Waals surface area contributed by atoms with Crippen molar-refractivity contribution in [2.45, 2.75) is 6.54 Å². The molecule has 1 aromatic carbocycles. The van der Waals surface area contributed by atoms with Crippen molar-refractivity contribution in [3.05, 3.63) is 65.0 Å². The summed E-state index contributed by atoms with van der Waals surface area (Å²) in [5.41, 5.74) is 12.0. The van der Waals surface area contributed by atoms with Gasteiger partial charge in [-0.05, 0) is 35.9 Å². The molecule has 1 heterocycles. The molecule has 7 N–H and O–H groups in total. The predicted molar refractivity (Wildman–Crippen MR) is 191 cm³/mol. The number of nitrogens with two attached hydrogens (primary N) is 2. The zero-order valence-electron chi connectivity index (χ0n) is 30.0. The van der Waals surface area contributed by atoms with Gasteiger partial charge in [0.1, 0.15) is 0 Å². The minimum atomic E-state index is -0.459. The lowest BCUT2D eigenvalue weighted by molar-refractivity contribution is -0.000582. The van der Waals surface area contributed by atoms with Crippen LogP contribution in [0.4, 0.5) is 0 Å². The van der Waals surface area contributed by atoms with Crippen molar-refractivity contribution < 1.29 is 52.3 Å². The third-order valence-corrected chi connectivity index (χ3v) is 6.74. The van der Waals surface area contributed by atoms with Gasteiger partial charge in [-0.2, -0.15) is 0 Å². The molecule has 52 heavy (non-hydrogen) atoms. The predicted octanol–water partition coefficient (Wildman–Crippen LogP) is -0.479. The zero-order chi connectivity index (χ0) is 37.3. The fourth-order valence-electron chi connectivity index (χ4n) is 4.17. The van der Waals surface area contributed by atoms with E-state index in [1.54, 1.807) is 24.5 Å². The van der Waals surface area contributed by atoms with Crippen molar-refractivity contribution in [3.8, 4) is 0 Å². The summed E-state index contributed by atoms with van der Waals surface area (Å²) < 4.78 is 43.2. The Morgan fingerprint density at radius 3 is 1.12 bits per heavy atom. The largest absolute Gasteiger partial charge is 0.378 e. The molecule has 0 aliphatic heterocycles. The number of pyridine rings is 1. The molecule has 0 fully saturated rings. The highest BCUT2D eigenvalue weighted by Crippen LogP contribution is 2.12. The Labute approximate surface area is 305 Å². The molecule has 1 aromatic heterocycles. The minimum absolute atomic E-state index is 0.152. The van der Waals surface area contributed by atoms with Crippen LogP contribution in [0.15, 0.2) is 42.7 Å². The molecule has 0 atom stereocenters. The molecule has 17 heteroatoms. The molecule has 3 amide bonds. The summed E-state index contributed by atoms with van der Waals surface area (Å²) in [7, 11) is 0. The Hall–Kier alpha value is -3.62. The number of benzene rings is 1. The van der Waals surface area contributed by atoms with Crippen LogP contribution in [0.3, 0.4) is 0 Å². The molecular weight excluding hydrogens is 680 g/mol. The third-order valence-electron chi connectivity index (χ3n) is 6.74. The summed E-state index contributed by atoms with van der Waals surface area (Å²) in [5.74, 6) is -1.36. The number of nitrogens with zero attached hydrogens (tertiary/aromatic N) is 1. The highest BCUT2D eigenvalue weighted by Gasteiger charge is 2.16. The van der Waals surface area contributed by atoms with Crippen molar-refractivity contribution in [2.75, 3.05) is 132 Å².